The Morgan fingerprint density at radius 2 is 1.61 bits per heavy atom. The number of anilines is 2. The van der Waals surface area contributed by atoms with Gasteiger partial charge in [-0.25, -0.2) is 9.78 Å². The largest absolute Gasteiger partial charge is 0.462 e. The molecule has 4 rings (SSSR count). The molecule has 0 unspecified atom stereocenters. The summed E-state index contributed by atoms with van der Waals surface area (Å²) in [6, 6.07) is 23.7. The van der Waals surface area contributed by atoms with Gasteiger partial charge in [-0.15, -0.1) is 0 Å². The molecule has 1 aliphatic rings. The number of hydrogen-bond donors (Lipinski definition) is 0. The lowest BCUT2D eigenvalue weighted by molar-refractivity contribution is 0.0527. The molecule has 156 valence electrons. The van der Waals surface area contributed by atoms with Crippen molar-refractivity contribution in [2.24, 2.45) is 0 Å². The van der Waals surface area contributed by atoms with Gasteiger partial charge in [0.2, 0.25) is 0 Å². The van der Waals surface area contributed by atoms with Gasteiger partial charge < -0.3 is 14.5 Å². The molecule has 0 N–H and O–H groups in total. The highest BCUT2D eigenvalue weighted by Crippen LogP contribution is 2.30. The lowest BCUT2D eigenvalue weighted by atomic mass is 10.0. The lowest BCUT2D eigenvalue weighted by Gasteiger charge is -2.37. The molecule has 3 aromatic rings. The summed E-state index contributed by atoms with van der Waals surface area (Å²) in [6.45, 7) is 5.16. The van der Waals surface area contributed by atoms with Crippen LogP contribution in [0, 0.1) is 11.3 Å². The summed E-state index contributed by atoms with van der Waals surface area (Å²) >= 11 is 0. The molecule has 0 atom stereocenters. The van der Waals surface area contributed by atoms with Gasteiger partial charge in [0.05, 0.1) is 23.4 Å². The van der Waals surface area contributed by atoms with E-state index in [-0.39, 0.29) is 6.61 Å². The molecule has 1 fully saturated rings. The van der Waals surface area contributed by atoms with Crippen molar-refractivity contribution in [3.8, 4) is 17.3 Å². The molecule has 31 heavy (non-hydrogen) atoms. The van der Waals surface area contributed by atoms with Crippen LogP contribution >= 0.6 is 0 Å². The average molecular weight is 412 g/mol. The molecule has 0 aliphatic carbocycles. The Balaban J connectivity index is 1.68. The van der Waals surface area contributed by atoms with Crippen LogP contribution in [0.25, 0.3) is 11.3 Å². The van der Waals surface area contributed by atoms with Gasteiger partial charge in [-0.3, -0.25) is 0 Å². The molecule has 1 saturated heterocycles. The van der Waals surface area contributed by atoms with Crippen molar-refractivity contribution in [3.05, 3.63) is 77.9 Å². The zero-order chi connectivity index (χ0) is 21.6. The molecule has 0 bridgehead atoms. The summed E-state index contributed by atoms with van der Waals surface area (Å²) in [4.78, 5) is 21.9. The van der Waals surface area contributed by atoms with Crippen LogP contribution in [0.5, 0.6) is 0 Å². The van der Waals surface area contributed by atoms with E-state index in [1.54, 1.807) is 13.0 Å². The van der Waals surface area contributed by atoms with Gasteiger partial charge in [0.1, 0.15) is 11.9 Å². The van der Waals surface area contributed by atoms with Crippen molar-refractivity contribution in [1.29, 1.82) is 5.26 Å². The maximum Gasteiger partial charge on any atom is 0.340 e. The predicted molar refractivity (Wildman–Crippen MR) is 121 cm³/mol. The topological polar surface area (TPSA) is 69.5 Å². The number of pyridine rings is 1. The number of esters is 1. The monoisotopic (exact) mass is 412 g/mol. The average Bonchev–Trinajstić information content (AvgIpc) is 2.84. The number of carbonyl (C=O) groups excluding carboxylic acids is 1. The Morgan fingerprint density at radius 3 is 2.23 bits per heavy atom. The Kier molecular flexibility index (Phi) is 6.13. The number of carbonyl (C=O) groups is 1. The van der Waals surface area contributed by atoms with Crippen LogP contribution in [0.3, 0.4) is 0 Å². The number of benzene rings is 2. The highest BCUT2D eigenvalue weighted by Gasteiger charge is 2.25. The zero-order valence-electron chi connectivity index (χ0n) is 17.5. The molecule has 1 aromatic heterocycles. The number of aromatic nitrogens is 1. The molecule has 2 heterocycles. The Bertz CT molecular complexity index is 1090. The maximum atomic E-state index is 12.6. The maximum absolute atomic E-state index is 12.6. The van der Waals surface area contributed by atoms with Crippen LogP contribution in [0.2, 0.25) is 0 Å². The van der Waals surface area contributed by atoms with Gasteiger partial charge in [0.15, 0.2) is 0 Å². The van der Waals surface area contributed by atoms with E-state index < -0.39 is 5.97 Å². The van der Waals surface area contributed by atoms with Crippen LogP contribution in [0.4, 0.5) is 11.5 Å². The van der Waals surface area contributed by atoms with Crippen molar-refractivity contribution < 1.29 is 9.53 Å². The second-order valence-electron chi connectivity index (χ2n) is 7.26. The highest BCUT2D eigenvalue weighted by atomic mass is 16.5. The molecule has 0 amide bonds. The van der Waals surface area contributed by atoms with Crippen LogP contribution in [0.1, 0.15) is 22.8 Å². The van der Waals surface area contributed by atoms with Gasteiger partial charge in [-0.05, 0) is 25.1 Å². The number of piperazine rings is 1. The van der Waals surface area contributed by atoms with Crippen LogP contribution in [0.15, 0.2) is 66.7 Å². The fraction of sp³-hybridized carbons (Fsp3) is 0.240. The first-order valence-electron chi connectivity index (χ1n) is 10.4. The summed E-state index contributed by atoms with van der Waals surface area (Å²) in [5, 5.41) is 9.80. The smallest absolute Gasteiger partial charge is 0.340 e. The molecular formula is C25H24N4O2. The van der Waals surface area contributed by atoms with E-state index >= 15 is 0 Å². The third-order valence-electron chi connectivity index (χ3n) is 5.37. The fourth-order valence-corrected chi connectivity index (χ4v) is 3.82. The van der Waals surface area contributed by atoms with E-state index in [1.165, 1.54) is 5.69 Å². The fourth-order valence-electron chi connectivity index (χ4n) is 3.82. The summed E-state index contributed by atoms with van der Waals surface area (Å²) in [7, 11) is 0. The normalized spacial score (nSPS) is 13.5. The molecule has 6 nitrogen and oxygen atoms in total. The number of para-hydroxylation sites is 1. The second-order valence-corrected chi connectivity index (χ2v) is 7.26. The molecular weight excluding hydrogens is 388 g/mol. The van der Waals surface area contributed by atoms with Crippen molar-refractivity contribution in [2.75, 3.05) is 42.6 Å². The molecule has 1 aliphatic heterocycles. The van der Waals surface area contributed by atoms with Crippen molar-refractivity contribution >= 4 is 17.5 Å². The van der Waals surface area contributed by atoms with E-state index in [4.69, 9.17) is 9.72 Å². The lowest BCUT2D eigenvalue weighted by Crippen LogP contribution is -2.47. The summed E-state index contributed by atoms with van der Waals surface area (Å²) in [6.07, 6.45) is 0. The highest BCUT2D eigenvalue weighted by molar-refractivity contribution is 5.97. The number of nitriles is 1. The van der Waals surface area contributed by atoms with Gasteiger partial charge in [0.25, 0.3) is 0 Å². The summed E-state index contributed by atoms with van der Waals surface area (Å²) < 4.78 is 5.23. The number of nitrogens with zero attached hydrogens (tertiary/aromatic N) is 4. The zero-order valence-corrected chi connectivity index (χ0v) is 17.5. The number of hydrogen-bond acceptors (Lipinski definition) is 6. The van der Waals surface area contributed by atoms with Crippen LogP contribution in [-0.4, -0.2) is 43.7 Å². The van der Waals surface area contributed by atoms with E-state index in [0.29, 0.717) is 22.6 Å². The SMILES string of the molecule is CCOC(=O)c1cc(C#N)c(N2CCN(c3ccccc3)CC2)nc1-c1ccccc1. The second kappa shape index (κ2) is 9.31. The molecule has 6 heteroatoms. The first-order chi connectivity index (χ1) is 15.2. The van der Waals surface area contributed by atoms with Gasteiger partial charge >= 0.3 is 5.97 Å². The minimum absolute atomic E-state index is 0.262. The third-order valence-corrected chi connectivity index (χ3v) is 5.37. The number of ether oxygens (including phenoxy) is 1. The quantitative estimate of drug-likeness (QED) is 0.587. The summed E-state index contributed by atoms with van der Waals surface area (Å²) in [5.74, 6) is 0.146. The van der Waals surface area contributed by atoms with Crippen molar-refractivity contribution in [3.63, 3.8) is 0 Å². The molecule has 0 saturated carbocycles. The van der Waals surface area contributed by atoms with Crippen LogP contribution in [-0.2, 0) is 4.74 Å². The van der Waals surface area contributed by atoms with Crippen molar-refractivity contribution in [1.82, 2.24) is 4.98 Å². The number of rotatable bonds is 5. The van der Waals surface area contributed by atoms with E-state index in [9.17, 15) is 10.1 Å². The molecule has 2 aromatic carbocycles. The van der Waals surface area contributed by atoms with E-state index in [2.05, 4.69) is 28.0 Å². The van der Waals surface area contributed by atoms with Crippen LogP contribution < -0.4 is 9.80 Å². The van der Waals surface area contributed by atoms with E-state index in [1.807, 2.05) is 48.5 Å². The Morgan fingerprint density at radius 1 is 1.00 bits per heavy atom. The standard InChI is InChI=1S/C25H24N4O2/c1-2-31-25(30)22-17-20(18-26)24(27-23(22)19-9-5-3-6-10-19)29-15-13-28(14-16-29)21-11-7-4-8-12-21/h3-12,17H,2,13-16H2,1H3. The molecule has 0 radical (unpaired) electrons. The minimum atomic E-state index is -0.467. The third kappa shape index (κ3) is 4.36. The van der Waals surface area contributed by atoms with Gasteiger partial charge in [-0.1, -0.05) is 48.5 Å². The first-order valence-corrected chi connectivity index (χ1v) is 10.4. The van der Waals surface area contributed by atoms with Gasteiger partial charge in [-0.2, -0.15) is 5.26 Å². The van der Waals surface area contributed by atoms with Gasteiger partial charge in [0, 0.05) is 37.4 Å². The predicted octanol–water partition coefficient (Wildman–Crippen LogP) is 4.12. The Labute approximate surface area is 182 Å². The Hall–Kier alpha value is -3.85. The first kappa shape index (κ1) is 20.4. The van der Waals surface area contributed by atoms with Crippen molar-refractivity contribution in [2.45, 2.75) is 6.92 Å². The minimum Gasteiger partial charge on any atom is -0.462 e. The molecule has 0 spiro atoms. The van der Waals surface area contributed by atoms with E-state index in [0.717, 1.165) is 31.7 Å². The summed E-state index contributed by atoms with van der Waals surface area (Å²) in [5.41, 5.74) is 3.25.